The number of carbonyl (C=O) groups is 6. The van der Waals surface area contributed by atoms with Gasteiger partial charge in [-0.2, -0.15) is 12.6 Å². The fourth-order valence-electron chi connectivity index (χ4n) is 2.89. The van der Waals surface area contributed by atoms with Crippen LogP contribution in [0.1, 0.15) is 24.8 Å². The van der Waals surface area contributed by atoms with Gasteiger partial charge >= 0.3 is 17.9 Å². The molecule has 0 aliphatic heterocycles. The van der Waals surface area contributed by atoms with Gasteiger partial charge in [0, 0.05) is 18.6 Å². The minimum Gasteiger partial charge on any atom is -0.508 e. The number of nitrogens with one attached hydrogen (secondary N) is 3. The summed E-state index contributed by atoms with van der Waals surface area (Å²) in [6.07, 6.45) is -2.09. The van der Waals surface area contributed by atoms with Crippen molar-refractivity contribution in [1.29, 1.82) is 0 Å². The Balaban J connectivity index is 3.03. The predicted molar refractivity (Wildman–Crippen MR) is 126 cm³/mol. The molecule has 0 heterocycles. The van der Waals surface area contributed by atoms with Crippen molar-refractivity contribution in [3.63, 3.8) is 0 Å². The third-order valence-corrected chi connectivity index (χ3v) is 5.21. The molecule has 14 nitrogen and oxygen atoms in total. The minimum atomic E-state index is -1.75. The molecule has 0 aliphatic carbocycles. The Morgan fingerprint density at radius 3 is 1.83 bits per heavy atom. The molecule has 0 spiro atoms. The molecule has 3 amide bonds. The van der Waals surface area contributed by atoms with Crippen LogP contribution in [0.15, 0.2) is 24.3 Å². The Morgan fingerprint density at radius 1 is 0.806 bits per heavy atom. The number of nitrogens with two attached hydrogens (primary N) is 1. The second-order valence-corrected chi connectivity index (χ2v) is 8.08. The fourth-order valence-corrected chi connectivity index (χ4v) is 3.06. The molecule has 198 valence electrons. The van der Waals surface area contributed by atoms with Crippen molar-refractivity contribution in [3.05, 3.63) is 29.8 Å². The lowest BCUT2D eigenvalue weighted by atomic mass is 10.0. The van der Waals surface area contributed by atoms with Gasteiger partial charge < -0.3 is 42.1 Å². The van der Waals surface area contributed by atoms with E-state index in [0.717, 1.165) is 0 Å². The van der Waals surface area contributed by atoms with Crippen molar-refractivity contribution in [1.82, 2.24) is 16.0 Å². The first kappa shape index (κ1) is 30.2. The summed E-state index contributed by atoms with van der Waals surface area (Å²) in [6, 6.07) is -0.369. The van der Waals surface area contributed by atoms with Crippen LogP contribution in [0.5, 0.6) is 5.75 Å². The summed E-state index contributed by atoms with van der Waals surface area (Å²) in [7, 11) is 0. The lowest BCUT2D eigenvalue weighted by molar-refractivity contribution is -0.143. The van der Waals surface area contributed by atoms with Crippen molar-refractivity contribution in [2.24, 2.45) is 5.73 Å². The predicted octanol–water partition coefficient (Wildman–Crippen LogP) is -1.93. The van der Waals surface area contributed by atoms with E-state index in [1.165, 1.54) is 24.3 Å². The van der Waals surface area contributed by atoms with E-state index in [4.69, 9.17) is 10.8 Å². The van der Waals surface area contributed by atoms with E-state index in [-0.39, 0.29) is 17.9 Å². The van der Waals surface area contributed by atoms with Crippen LogP contribution in [-0.4, -0.2) is 86.0 Å². The van der Waals surface area contributed by atoms with Crippen LogP contribution in [0.25, 0.3) is 0 Å². The number of rotatable bonds is 15. The number of aliphatic carboxylic acids is 3. The minimum absolute atomic E-state index is 0.0567. The zero-order valence-electron chi connectivity index (χ0n) is 18.9. The molecule has 0 bridgehead atoms. The molecule has 36 heavy (non-hydrogen) atoms. The summed E-state index contributed by atoms with van der Waals surface area (Å²) in [4.78, 5) is 71.4. The molecule has 0 radical (unpaired) electrons. The molecule has 15 heteroatoms. The Kier molecular flexibility index (Phi) is 12.2. The third-order valence-electron chi connectivity index (χ3n) is 4.82. The van der Waals surface area contributed by atoms with Gasteiger partial charge in [0.15, 0.2) is 0 Å². The molecule has 0 fully saturated rings. The first-order valence-corrected chi connectivity index (χ1v) is 11.2. The molecule has 9 N–H and O–H groups in total. The molecule has 4 unspecified atom stereocenters. The number of carboxylic acid groups (broad SMARTS) is 3. The summed E-state index contributed by atoms with van der Waals surface area (Å²) < 4.78 is 0. The zero-order chi connectivity index (χ0) is 27.4. The summed E-state index contributed by atoms with van der Waals surface area (Å²) in [5.74, 6) is -7.38. The highest BCUT2D eigenvalue weighted by Crippen LogP contribution is 2.12. The van der Waals surface area contributed by atoms with Crippen LogP contribution in [-0.2, 0) is 35.2 Å². The topological polar surface area (TPSA) is 245 Å². The van der Waals surface area contributed by atoms with Gasteiger partial charge in [0.2, 0.25) is 17.7 Å². The van der Waals surface area contributed by atoms with E-state index in [0.29, 0.717) is 5.56 Å². The number of benzene rings is 1. The van der Waals surface area contributed by atoms with Gasteiger partial charge in [-0.25, -0.2) is 4.79 Å². The largest absolute Gasteiger partial charge is 0.508 e. The maximum absolute atomic E-state index is 12.7. The number of hydrogen-bond acceptors (Lipinski definition) is 9. The van der Waals surface area contributed by atoms with Crippen LogP contribution in [0.3, 0.4) is 0 Å². The molecular formula is C21H28N4O10S. The molecule has 1 aromatic rings. The number of aromatic hydroxyl groups is 1. The number of amides is 3. The molecule has 0 saturated heterocycles. The highest BCUT2D eigenvalue weighted by molar-refractivity contribution is 7.80. The number of thiol groups is 1. The maximum atomic E-state index is 12.7. The quantitative estimate of drug-likeness (QED) is 0.113. The maximum Gasteiger partial charge on any atom is 0.326 e. The molecule has 0 aromatic heterocycles. The van der Waals surface area contributed by atoms with Crippen molar-refractivity contribution < 1.29 is 49.2 Å². The monoisotopic (exact) mass is 528 g/mol. The van der Waals surface area contributed by atoms with Crippen molar-refractivity contribution >= 4 is 48.3 Å². The fraction of sp³-hybridized carbons (Fsp3) is 0.429. The second kappa shape index (κ2) is 14.5. The molecule has 0 saturated carbocycles. The smallest absolute Gasteiger partial charge is 0.326 e. The van der Waals surface area contributed by atoms with Gasteiger partial charge in [0.25, 0.3) is 0 Å². The van der Waals surface area contributed by atoms with Crippen molar-refractivity contribution in [3.8, 4) is 5.75 Å². The first-order chi connectivity index (χ1) is 16.8. The second-order valence-electron chi connectivity index (χ2n) is 7.71. The van der Waals surface area contributed by atoms with Gasteiger partial charge in [0.05, 0.1) is 12.5 Å². The number of carbonyl (C=O) groups excluding carboxylic acids is 3. The average molecular weight is 529 g/mol. The van der Waals surface area contributed by atoms with E-state index in [1.54, 1.807) is 0 Å². The normalized spacial score (nSPS) is 13.9. The third kappa shape index (κ3) is 10.6. The number of phenols is 1. The molecule has 4 atom stereocenters. The van der Waals surface area contributed by atoms with Crippen LogP contribution in [0, 0.1) is 0 Å². The Morgan fingerprint density at radius 2 is 1.33 bits per heavy atom. The standard InChI is InChI=1S/C21H28N4O10S/c22-12(9-36)18(31)23-13(5-6-16(27)28)19(32)24-14(8-17(29)30)20(33)25-15(21(34)35)7-10-1-3-11(26)4-2-10/h1-4,12-15,26,36H,5-9,22H2,(H,23,31)(H,24,32)(H,25,33)(H,27,28)(H,29,30)(H,34,35). The Bertz CT molecular complexity index is 972. The highest BCUT2D eigenvalue weighted by Gasteiger charge is 2.31. The molecule has 1 rings (SSSR count). The van der Waals surface area contributed by atoms with Crippen molar-refractivity contribution in [2.45, 2.75) is 49.9 Å². The number of hydrogen-bond donors (Lipinski definition) is 9. The van der Waals surface area contributed by atoms with Crippen molar-refractivity contribution in [2.75, 3.05) is 5.75 Å². The average Bonchev–Trinajstić information content (AvgIpc) is 2.80. The van der Waals surface area contributed by atoms with Gasteiger partial charge in [-0.3, -0.25) is 24.0 Å². The van der Waals surface area contributed by atoms with Gasteiger partial charge in [0.1, 0.15) is 23.9 Å². The van der Waals surface area contributed by atoms with Crippen LogP contribution < -0.4 is 21.7 Å². The van der Waals surface area contributed by atoms with E-state index in [1.807, 2.05) is 0 Å². The van der Waals surface area contributed by atoms with E-state index in [9.17, 15) is 44.1 Å². The van der Waals surface area contributed by atoms with Gasteiger partial charge in [-0.15, -0.1) is 0 Å². The van der Waals surface area contributed by atoms with E-state index >= 15 is 0 Å². The number of carboxylic acids is 3. The highest BCUT2D eigenvalue weighted by atomic mass is 32.1. The summed E-state index contributed by atoms with van der Waals surface area (Å²) >= 11 is 3.86. The first-order valence-electron chi connectivity index (χ1n) is 10.6. The Hall–Kier alpha value is -3.85. The molecular weight excluding hydrogens is 500 g/mol. The summed E-state index contributed by atoms with van der Waals surface area (Å²) in [5, 5.41) is 43.4. The Labute approximate surface area is 210 Å². The zero-order valence-corrected chi connectivity index (χ0v) is 19.8. The van der Waals surface area contributed by atoms with Crippen LogP contribution >= 0.6 is 12.6 Å². The molecule has 1 aromatic carbocycles. The lowest BCUT2D eigenvalue weighted by Gasteiger charge is -2.24. The van der Waals surface area contributed by atoms with E-state index in [2.05, 4.69) is 28.6 Å². The lowest BCUT2D eigenvalue weighted by Crippen LogP contribution is -2.57. The van der Waals surface area contributed by atoms with Crippen LogP contribution in [0.4, 0.5) is 0 Å². The summed E-state index contributed by atoms with van der Waals surface area (Å²) in [6.45, 7) is 0. The van der Waals surface area contributed by atoms with Gasteiger partial charge in [-0.1, -0.05) is 12.1 Å². The van der Waals surface area contributed by atoms with Gasteiger partial charge in [-0.05, 0) is 24.1 Å². The van der Waals surface area contributed by atoms with E-state index < -0.39 is 79.1 Å². The SMILES string of the molecule is NC(CS)C(=O)NC(CCC(=O)O)C(=O)NC(CC(=O)O)C(=O)NC(Cc1ccc(O)cc1)C(=O)O. The van der Waals surface area contributed by atoms with Crippen LogP contribution in [0.2, 0.25) is 0 Å². The summed E-state index contributed by atoms with van der Waals surface area (Å²) in [5.41, 5.74) is 5.98. The number of phenolic OH excluding ortho intramolecular Hbond substituents is 1. The molecule has 0 aliphatic rings.